The van der Waals surface area contributed by atoms with Crippen molar-refractivity contribution in [3.8, 4) is 0 Å². The Morgan fingerprint density at radius 3 is 2.38 bits per heavy atom. The molecular formula is C21H30N2O. The summed E-state index contributed by atoms with van der Waals surface area (Å²) in [5.41, 5.74) is 4.31. The summed E-state index contributed by atoms with van der Waals surface area (Å²) in [7, 11) is 0. The molecule has 1 aromatic carbocycles. The lowest BCUT2D eigenvalue weighted by atomic mass is 10.0. The van der Waals surface area contributed by atoms with Gasteiger partial charge in [0.15, 0.2) is 0 Å². The Morgan fingerprint density at radius 1 is 1.00 bits per heavy atom. The van der Waals surface area contributed by atoms with Gasteiger partial charge in [-0.25, -0.2) is 4.68 Å². The van der Waals surface area contributed by atoms with Crippen LogP contribution in [0.25, 0.3) is 0 Å². The van der Waals surface area contributed by atoms with Crippen LogP contribution in [0.4, 0.5) is 0 Å². The fraction of sp³-hybridized carbons (Fsp3) is 0.524. The monoisotopic (exact) mass is 326 g/mol. The number of hydrogen-bond donors (Lipinski definition) is 0. The lowest BCUT2D eigenvalue weighted by Gasteiger charge is -2.05. The number of carbonyl (C=O) groups is 1. The van der Waals surface area contributed by atoms with Crippen molar-refractivity contribution in [3.63, 3.8) is 0 Å². The summed E-state index contributed by atoms with van der Waals surface area (Å²) in [6, 6.07) is 9.87. The molecule has 0 fully saturated rings. The van der Waals surface area contributed by atoms with Crippen LogP contribution in [0.3, 0.4) is 0 Å². The third-order valence-corrected chi connectivity index (χ3v) is 4.66. The minimum absolute atomic E-state index is 0.0518. The van der Waals surface area contributed by atoms with Crippen molar-refractivity contribution < 1.29 is 4.79 Å². The zero-order valence-electron chi connectivity index (χ0n) is 15.3. The Balaban J connectivity index is 1.94. The van der Waals surface area contributed by atoms with E-state index in [0.717, 1.165) is 23.4 Å². The number of benzene rings is 1. The van der Waals surface area contributed by atoms with E-state index in [1.807, 2.05) is 44.2 Å². The third-order valence-electron chi connectivity index (χ3n) is 4.66. The third kappa shape index (κ3) is 5.05. The van der Waals surface area contributed by atoms with E-state index < -0.39 is 0 Å². The van der Waals surface area contributed by atoms with Crippen LogP contribution in [0.2, 0.25) is 0 Å². The molecule has 0 radical (unpaired) electrons. The molecule has 1 aromatic heterocycles. The molecule has 0 N–H and O–H groups in total. The minimum atomic E-state index is 0.0518. The first kappa shape index (κ1) is 18.4. The first-order valence-corrected chi connectivity index (χ1v) is 9.25. The normalized spacial score (nSPS) is 11.0. The van der Waals surface area contributed by atoms with Gasteiger partial charge in [-0.05, 0) is 37.8 Å². The number of rotatable bonds is 9. The van der Waals surface area contributed by atoms with Gasteiger partial charge in [0.2, 0.25) is 0 Å². The smallest absolute Gasteiger partial charge is 0.251 e. The van der Waals surface area contributed by atoms with E-state index in [0.29, 0.717) is 6.42 Å². The molecule has 24 heavy (non-hydrogen) atoms. The molecule has 3 heteroatoms. The molecule has 0 bridgehead atoms. The highest BCUT2D eigenvalue weighted by Crippen LogP contribution is 2.18. The van der Waals surface area contributed by atoms with Crippen molar-refractivity contribution in [1.82, 2.24) is 9.78 Å². The first-order valence-electron chi connectivity index (χ1n) is 9.25. The molecule has 130 valence electrons. The van der Waals surface area contributed by atoms with Crippen molar-refractivity contribution in [1.29, 1.82) is 0 Å². The van der Waals surface area contributed by atoms with Gasteiger partial charge >= 0.3 is 0 Å². The standard InChI is InChI=1S/C21H30N2O/c1-4-5-6-7-8-12-15-20-17(2)22-23(18(20)3)21(24)16-19-13-10-9-11-14-19/h9-11,13-14H,4-8,12,15-16H2,1-3H3. The second-order valence-corrected chi connectivity index (χ2v) is 6.64. The molecule has 0 spiro atoms. The van der Waals surface area contributed by atoms with Crippen molar-refractivity contribution in [2.45, 2.75) is 72.1 Å². The van der Waals surface area contributed by atoms with Gasteiger partial charge in [-0.3, -0.25) is 4.79 Å². The highest BCUT2D eigenvalue weighted by atomic mass is 16.2. The van der Waals surface area contributed by atoms with Crippen LogP contribution < -0.4 is 0 Å². The highest BCUT2D eigenvalue weighted by Gasteiger charge is 2.16. The second-order valence-electron chi connectivity index (χ2n) is 6.64. The number of unbranched alkanes of at least 4 members (excludes halogenated alkanes) is 5. The van der Waals surface area contributed by atoms with Gasteiger partial charge in [-0.2, -0.15) is 5.10 Å². The maximum Gasteiger partial charge on any atom is 0.251 e. The first-order chi connectivity index (χ1) is 11.6. The van der Waals surface area contributed by atoms with E-state index in [1.165, 1.54) is 44.1 Å². The molecule has 0 saturated carbocycles. The number of nitrogens with zero attached hydrogens (tertiary/aromatic N) is 2. The average molecular weight is 326 g/mol. The Morgan fingerprint density at radius 2 is 1.67 bits per heavy atom. The molecular weight excluding hydrogens is 296 g/mol. The molecule has 0 unspecified atom stereocenters. The molecule has 0 aliphatic rings. The van der Waals surface area contributed by atoms with Gasteiger partial charge in [-0.15, -0.1) is 0 Å². The maximum atomic E-state index is 12.5. The Hall–Kier alpha value is -1.90. The summed E-state index contributed by atoms with van der Waals surface area (Å²) >= 11 is 0. The summed E-state index contributed by atoms with van der Waals surface area (Å²) in [6.07, 6.45) is 9.16. The van der Waals surface area contributed by atoms with Crippen LogP contribution in [0.5, 0.6) is 0 Å². The van der Waals surface area contributed by atoms with Crippen molar-refractivity contribution in [2.75, 3.05) is 0 Å². The predicted molar refractivity (Wildman–Crippen MR) is 99.6 cm³/mol. The second kappa shape index (κ2) is 9.41. The van der Waals surface area contributed by atoms with Crippen molar-refractivity contribution >= 4 is 5.91 Å². The molecule has 0 aliphatic heterocycles. The largest absolute Gasteiger partial charge is 0.272 e. The molecule has 0 saturated heterocycles. The number of carbonyl (C=O) groups excluding carboxylic acids is 1. The number of aryl methyl sites for hydroxylation is 1. The zero-order chi connectivity index (χ0) is 17.4. The molecule has 2 rings (SSSR count). The van der Waals surface area contributed by atoms with Gasteiger partial charge in [0.05, 0.1) is 12.1 Å². The number of hydrogen-bond acceptors (Lipinski definition) is 2. The van der Waals surface area contributed by atoms with Crippen LogP contribution in [0.15, 0.2) is 30.3 Å². The van der Waals surface area contributed by atoms with Crippen LogP contribution in [0, 0.1) is 13.8 Å². The van der Waals surface area contributed by atoms with Crippen LogP contribution in [0.1, 0.15) is 72.8 Å². The molecule has 0 aliphatic carbocycles. The Bertz CT molecular complexity index is 643. The molecule has 3 nitrogen and oxygen atoms in total. The molecule has 1 heterocycles. The van der Waals surface area contributed by atoms with Gasteiger partial charge in [0.25, 0.3) is 5.91 Å². The van der Waals surface area contributed by atoms with Crippen molar-refractivity contribution in [3.05, 3.63) is 52.8 Å². The van der Waals surface area contributed by atoms with E-state index in [4.69, 9.17) is 0 Å². The van der Waals surface area contributed by atoms with E-state index in [9.17, 15) is 4.79 Å². The quantitative estimate of drug-likeness (QED) is 0.587. The predicted octanol–water partition coefficient (Wildman–Crippen LogP) is 5.29. The summed E-state index contributed by atoms with van der Waals surface area (Å²) in [5.74, 6) is 0.0518. The van der Waals surface area contributed by atoms with Crippen LogP contribution in [-0.4, -0.2) is 15.7 Å². The SMILES string of the molecule is CCCCCCCCc1c(C)nn(C(=O)Cc2ccccc2)c1C. The minimum Gasteiger partial charge on any atom is -0.272 e. The lowest BCUT2D eigenvalue weighted by Crippen LogP contribution is -2.16. The summed E-state index contributed by atoms with van der Waals surface area (Å²) in [5, 5.41) is 4.50. The summed E-state index contributed by atoms with van der Waals surface area (Å²) in [6.45, 7) is 6.29. The zero-order valence-corrected chi connectivity index (χ0v) is 15.3. The van der Waals surface area contributed by atoms with Gasteiger partial charge < -0.3 is 0 Å². The molecule has 2 aromatic rings. The average Bonchev–Trinajstić information content (AvgIpc) is 2.87. The topological polar surface area (TPSA) is 34.9 Å². The molecule has 0 amide bonds. The van der Waals surface area contributed by atoms with Gasteiger partial charge in [0, 0.05) is 5.69 Å². The van der Waals surface area contributed by atoms with E-state index in [1.54, 1.807) is 4.68 Å². The summed E-state index contributed by atoms with van der Waals surface area (Å²) in [4.78, 5) is 12.5. The van der Waals surface area contributed by atoms with E-state index in [-0.39, 0.29) is 5.91 Å². The molecule has 0 atom stereocenters. The highest BCUT2D eigenvalue weighted by molar-refractivity contribution is 5.81. The van der Waals surface area contributed by atoms with E-state index in [2.05, 4.69) is 12.0 Å². The fourth-order valence-electron chi connectivity index (χ4n) is 3.21. The maximum absolute atomic E-state index is 12.5. The fourth-order valence-corrected chi connectivity index (χ4v) is 3.21. The summed E-state index contributed by atoms with van der Waals surface area (Å²) < 4.78 is 1.61. The number of aromatic nitrogens is 2. The van der Waals surface area contributed by atoms with Crippen molar-refractivity contribution in [2.24, 2.45) is 0 Å². The van der Waals surface area contributed by atoms with Gasteiger partial charge in [-0.1, -0.05) is 69.4 Å². The lowest BCUT2D eigenvalue weighted by molar-refractivity contribution is 0.0895. The van der Waals surface area contributed by atoms with E-state index >= 15 is 0 Å². The van der Waals surface area contributed by atoms with Crippen LogP contribution in [-0.2, 0) is 12.8 Å². The Kier molecular flexibility index (Phi) is 7.23. The Labute approximate surface area is 146 Å². The van der Waals surface area contributed by atoms with Gasteiger partial charge in [0.1, 0.15) is 0 Å². The van der Waals surface area contributed by atoms with Crippen LogP contribution >= 0.6 is 0 Å².